The fourth-order valence-corrected chi connectivity index (χ4v) is 1.36. The molecule has 0 radical (unpaired) electrons. The molecule has 3 N–H and O–H groups in total. The zero-order valence-electron chi connectivity index (χ0n) is 3.58. The van der Waals surface area contributed by atoms with Crippen LogP contribution in [0.4, 0.5) is 0 Å². The van der Waals surface area contributed by atoms with Gasteiger partial charge in [-0.05, 0) is 6.42 Å². The van der Waals surface area contributed by atoms with Crippen LogP contribution in [-0.2, 0) is 0 Å². The summed E-state index contributed by atoms with van der Waals surface area (Å²) in [5, 5.41) is 2.22. The molecule has 0 aliphatic rings. The molecule has 0 aromatic carbocycles. The first kappa shape index (κ1) is 10.0. The monoisotopic (exact) mass is 217 g/mol. The summed E-state index contributed by atoms with van der Waals surface area (Å²) < 4.78 is 0. The largest absolute Gasteiger partial charge is 0.344 e. The summed E-state index contributed by atoms with van der Waals surface area (Å²) in [7, 11) is 0. The lowest BCUT2D eigenvalue weighted by Crippen LogP contribution is -1.69. The van der Waals surface area contributed by atoms with E-state index in [2.05, 4.69) is 31.9 Å². The Labute approximate surface area is 55.3 Å². The molecular formula is C3H9Br2N. The van der Waals surface area contributed by atoms with E-state index in [0.29, 0.717) is 0 Å². The smallest absolute Gasteiger partial charge is 0.00392 e. The summed E-state index contributed by atoms with van der Waals surface area (Å²) in [5.74, 6) is 0. The quantitative estimate of drug-likeness (QED) is 0.710. The lowest BCUT2D eigenvalue weighted by atomic mass is 10.6. The second kappa shape index (κ2) is 9.33. The second-order valence-corrected chi connectivity index (χ2v) is 2.32. The van der Waals surface area contributed by atoms with Crippen LogP contribution in [0.25, 0.3) is 0 Å². The van der Waals surface area contributed by atoms with E-state index in [-0.39, 0.29) is 6.15 Å². The van der Waals surface area contributed by atoms with Crippen molar-refractivity contribution in [2.75, 3.05) is 10.7 Å². The highest BCUT2D eigenvalue weighted by atomic mass is 79.9. The molecule has 0 rings (SSSR count). The summed E-state index contributed by atoms with van der Waals surface area (Å²) in [4.78, 5) is 0. The molecule has 0 aliphatic heterocycles. The van der Waals surface area contributed by atoms with Crippen molar-refractivity contribution < 1.29 is 0 Å². The molecule has 0 fully saturated rings. The van der Waals surface area contributed by atoms with Crippen LogP contribution < -0.4 is 6.15 Å². The Hall–Kier alpha value is 0.920. The Balaban J connectivity index is 0. The summed E-state index contributed by atoms with van der Waals surface area (Å²) in [5.41, 5.74) is 0. The van der Waals surface area contributed by atoms with Gasteiger partial charge < -0.3 is 6.15 Å². The van der Waals surface area contributed by atoms with Crippen LogP contribution in [0, 0.1) is 0 Å². The average molecular weight is 219 g/mol. The van der Waals surface area contributed by atoms with Crippen molar-refractivity contribution in [3.8, 4) is 0 Å². The number of halogens is 2. The molecule has 0 amide bonds. The molecule has 0 heterocycles. The first-order valence-electron chi connectivity index (χ1n) is 1.53. The maximum Gasteiger partial charge on any atom is 0.00392 e. The Morgan fingerprint density at radius 3 is 1.33 bits per heavy atom. The Morgan fingerprint density at radius 2 is 1.33 bits per heavy atom. The van der Waals surface area contributed by atoms with Gasteiger partial charge in [0.1, 0.15) is 0 Å². The molecule has 6 heavy (non-hydrogen) atoms. The lowest BCUT2D eigenvalue weighted by molar-refractivity contribution is 1.15. The van der Waals surface area contributed by atoms with Crippen LogP contribution in [0.2, 0.25) is 0 Å². The molecule has 0 unspecified atom stereocenters. The van der Waals surface area contributed by atoms with E-state index in [9.17, 15) is 0 Å². The first-order chi connectivity index (χ1) is 2.41. The average Bonchev–Trinajstić information content (AvgIpc) is 1.41. The standard InChI is InChI=1S/C3H6Br2.H3N/c4-2-1-3-5;/h1-3H2;1H3. The minimum absolute atomic E-state index is 0. The molecule has 0 spiro atoms. The molecule has 0 aromatic heterocycles. The predicted molar refractivity (Wildman–Crippen MR) is 37.2 cm³/mol. The SMILES string of the molecule is BrCCCBr.N. The van der Waals surface area contributed by atoms with Gasteiger partial charge in [-0.25, -0.2) is 0 Å². The van der Waals surface area contributed by atoms with Gasteiger partial charge in [-0.1, -0.05) is 31.9 Å². The van der Waals surface area contributed by atoms with E-state index >= 15 is 0 Å². The highest BCUT2D eigenvalue weighted by Crippen LogP contribution is 1.90. The minimum Gasteiger partial charge on any atom is -0.344 e. The maximum atomic E-state index is 3.28. The molecule has 3 heteroatoms. The van der Waals surface area contributed by atoms with Crippen LogP contribution in [0.15, 0.2) is 0 Å². The molecule has 0 saturated heterocycles. The Morgan fingerprint density at radius 1 is 1.00 bits per heavy atom. The number of rotatable bonds is 2. The van der Waals surface area contributed by atoms with Crippen molar-refractivity contribution in [1.29, 1.82) is 0 Å². The number of hydrogen-bond acceptors (Lipinski definition) is 1. The molecule has 0 aliphatic carbocycles. The van der Waals surface area contributed by atoms with Crippen LogP contribution in [0.1, 0.15) is 6.42 Å². The third-order valence-electron chi connectivity index (χ3n) is 0.267. The van der Waals surface area contributed by atoms with Gasteiger partial charge in [0.05, 0.1) is 0 Å². The second-order valence-electron chi connectivity index (χ2n) is 0.732. The van der Waals surface area contributed by atoms with Gasteiger partial charge in [0.2, 0.25) is 0 Å². The van der Waals surface area contributed by atoms with Crippen molar-refractivity contribution in [3.63, 3.8) is 0 Å². The van der Waals surface area contributed by atoms with E-state index < -0.39 is 0 Å². The molecule has 40 valence electrons. The first-order valence-corrected chi connectivity index (χ1v) is 3.78. The zero-order chi connectivity index (χ0) is 4.12. The highest BCUT2D eigenvalue weighted by Gasteiger charge is 1.71. The van der Waals surface area contributed by atoms with Crippen LogP contribution in [0.3, 0.4) is 0 Å². The van der Waals surface area contributed by atoms with Gasteiger partial charge >= 0.3 is 0 Å². The van der Waals surface area contributed by atoms with Crippen molar-refractivity contribution in [2.24, 2.45) is 0 Å². The van der Waals surface area contributed by atoms with E-state index in [1.807, 2.05) is 0 Å². The predicted octanol–water partition coefficient (Wildman–Crippen LogP) is 2.33. The summed E-state index contributed by atoms with van der Waals surface area (Å²) in [6, 6.07) is 0. The van der Waals surface area contributed by atoms with Crippen LogP contribution >= 0.6 is 31.9 Å². The van der Waals surface area contributed by atoms with Gasteiger partial charge in [-0.2, -0.15) is 0 Å². The van der Waals surface area contributed by atoms with Gasteiger partial charge in [0.15, 0.2) is 0 Å². The zero-order valence-corrected chi connectivity index (χ0v) is 6.76. The Kier molecular flexibility index (Phi) is 15.6. The summed E-state index contributed by atoms with van der Waals surface area (Å²) in [6.07, 6.45) is 1.22. The number of hydrogen-bond donors (Lipinski definition) is 1. The van der Waals surface area contributed by atoms with E-state index in [4.69, 9.17) is 0 Å². The molecule has 0 saturated carbocycles. The van der Waals surface area contributed by atoms with Crippen molar-refractivity contribution >= 4 is 31.9 Å². The van der Waals surface area contributed by atoms with Gasteiger partial charge in [0.25, 0.3) is 0 Å². The fraction of sp³-hybridized carbons (Fsp3) is 1.00. The Bertz CT molecular complexity index is 16.3. The third-order valence-corrected chi connectivity index (χ3v) is 1.39. The minimum atomic E-state index is 0. The van der Waals surface area contributed by atoms with Crippen molar-refractivity contribution in [3.05, 3.63) is 0 Å². The van der Waals surface area contributed by atoms with Gasteiger partial charge in [0, 0.05) is 10.7 Å². The van der Waals surface area contributed by atoms with E-state index in [1.165, 1.54) is 6.42 Å². The van der Waals surface area contributed by atoms with Crippen LogP contribution in [0.5, 0.6) is 0 Å². The molecule has 0 atom stereocenters. The molecule has 1 nitrogen and oxygen atoms in total. The van der Waals surface area contributed by atoms with Crippen molar-refractivity contribution in [2.45, 2.75) is 6.42 Å². The van der Waals surface area contributed by atoms with Crippen molar-refractivity contribution in [1.82, 2.24) is 6.15 Å². The molecular weight excluding hydrogens is 210 g/mol. The van der Waals surface area contributed by atoms with E-state index in [0.717, 1.165) is 10.7 Å². The summed E-state index contributed by atoms with van der Waals surface area (Å²) >= 11 is 6.56. The third kappa shape index (κ3) is 8.87. The maximum absolute atomic E-state index is 3.28. The van der Waals surface area contributed by atoms with Gasteiger partial charge in [-0.3, -0.25) is 0 Å². The molecule has 0 bridgehead atoms. The van der Waals surface area contributed by atoms with Crippen LogP contribution in [-0.4, -0.2) is 10.7 Å². The van der Waals surface area contributed by atoms with E-state index in [1.54, 1.807) is 0 Å². The fourth-order valence-electron chi connectivity index (χ4n) is 0.0505. The number of alkyl halides is 2. The molecule has 0 aromatic rings. The summed E-state index contributed by atoms with van der Waals surface area (Å²) in [6.45, 7) is 0. The van der Waals surface area contributed by atoms with Gasteiger partial charge in [-0.15, -0.1) is 0 Å². The topological polar surface area (TPSA) is 35.0 Å². The highest BCUT2D eigenvalue weighted by molar-refractivity contribution is 9.09. The normalized spacial score (nSPS) is 7.00. The lowest BCUT2D eigenvalue weighted by Gasteiger charge is -1.76.